The molecular weight excluding hydrogens is 210 g/mol. The maximum atomic E-state index is 4.58. The third-order valence-corrected chi connectivity index (χ3v) is 4.21. The second kappa shape index (κ2) is 2.85. The Kier molecular flexibility index (Phi) is 1.60. The van der Waals surface area contributed by atoms with Crippen molar-refractivity contribution in [3.05, 3.63) is 43.7 Å². The molecule has 0 saturated heterocycles. The first kappa shape index (κ1) is 9.54. The van der Waals surface area contributed by atoms with Crippen molar-refractivity contribution in [1.82, 2.24) is 14.5 Å². The van der Waals surface area contributed by atoms with Gasteiger partial charge in [0.15, 0.2) is 0 Å². The minimum Gasteiger partial charge on any atom is -0.482 e. The highest BCUT2D eigenvalue weighted by atomic mass is 15.2. The topological polar surface area (TPSA) is 21.1 Å². The molecule has 2 aromatic heterocycles. The maximum Gasteiger partial charge on any atom is 0.0253 e. The summed E-state index contributed by atoms with van der Waals surface area (Å²) in [5.74, 6) is 0. The number of fused-ring (bicyclic) bond motifs is 4. The van der Waals surface area contributed by atoms with Crippen molar-refractivity contribution >= 4 is 11.0 Å². The van der Waals surface area contributed by atoms with Gasteiger partial charge in [0.25, 0.3) is 0 Å². The molecule has 1 saturated carbocycles. The second-order valence-corrected chi connectivity index (χ2v) is 5.39. The molecule has 88 valence electrons. The zero-order valence-corrected chi connectivity index (χ0v) is 9.82. The standard InChI is InChI=1S/C14H15N3/c1-16-8-11-12(14(9-16)5-6-14)13-10(17(11)2)4-3-7-15-13/h3-4,7H,1-2,5-6,8-9H2/q-2. The smallest absolute Gasteiger partial charge is 0.0253 e. The minimum absolute atomic E-state index is 0.324. The van der Waals surface area contributed by atoms with Crippen LogP contribution in [0.1, 0.15) is 24.1 Å². The number of nitrogens with zero attached hydrogens (tertiary/aromatic N) is 3. The average molecular weight is 225 g/mol. The largest absolute Gasteiger partial charge is 0.482 e. The summed E-state index contributed by atoms with van der Waals surface area (Å²) in [4.78, 5) is 6.74. The molecule has 17 heavy (non-hydrogen) atoms. The molecule has 3 nitrogen and oxygen atoms in total. The summed E-state index contributed by atoms with van der Waals surface area (Å²) in [6, 6.07) is 4.09. The van der Waals surface area contributed by atoms with Crippen molar-refractivity contribution in [2.24, 2.45) is 0 Å². The Bertz CT molecular complexity index is 607. The first-order chi connectivity index (χ1) is 8.21. The van der Waals surface area contributed by atoms with Gasteiger partial charge in [-0.1, -0.05) is 23.4 Å². The van der Waals surface area contributed by atoms with Gasteiger partial charge in [-0.3, -0.25) is 12.0 Å². The van der Waals surface area contributed by atoms with E-state index in [1.54, 1.807) is 0 Å². The SMILES string of the molecule is [CH2-]N1Cc2c(c3ncccc3n2[CH2-])C2(CC2)C1. The van der Waals surface area contributed by atoms with E-state index in [2.05, 4.69) is 34.6 Å². The molecule has 2 aliphatic rings. The Hall–Kier alpha value is -1.48. The van der Waals surface area contributed by atoms with Crippen molar-refractivity contribution in [2.45, 2.75) is 24.8 Å². The average Bonchev–Trinajstić information content (AvgIpc) is 3.01. The lowest BCUT2D eigenvalue weighted by atomic mass is 9.91. The van der Waals surface area contributed by atoms with Crippen molar-refractivity contribution < 1.29 is 0 Å². The molecule has 0 amide bonds. The molecule has 4 rings (SSSR count). The zero-order valence-electron chi connectivity index (χ0n) is 9.82. The lowest BCUT2D eigenvalue weighted by molar-refractivity contribution is 0.295. The van der Waals surface area contributed by atoms with Crippen molar-refractivity contribution in [3.8, 4) is 0 Å². The number of rotatable bonds is 0. The molecule has 3 heterocycles. The third kappa shape index (κ3) is 1.10. The molecule has 1 aliphatic carbocycles. The Balaban J connectivity index is 2.10. The molecule has 0 N–H and O–H groups in total. The van der Waals surface area contributed by atoms with Crippen LogP contribution in [0.4, 0.5) is 0 Å². The Morgan fingerprint density at radius 2 is 2.12 bits per heavy atom. The van der Waals surface area contributed by atoms with Crippen LogP contribution in [0.15, 0.2) is 18.3 Å². The van der Waals surface area contributed by atoms with Gasteiger partial charge in [-0.15, -0.1) is 7.05 Å². The maximum absolute atomic E-state index is 4.58. The van der Waals surface area contributed by atoms with E-state index in [0.29, 0.717) is 5.41 Å². The van der Waals surface area contributed by atoms with Gasteiger partial charge < -0.3 is 9.47 Å². The van der Waals surface area contributed by atoms with E-state index >= 15 is 0 Å². The first-order valence-electron chi connectivity index (χ1n) is 6.06. The van der Waals surface area contributed by atoms with Crippen LogP contribution < -0.4 is 0 Å². The fourth-order valence-electron chi connectivity index (χ4n) is 3.28. The molecule has 1 spiro atoms. The van der Waals surface area contributed by atoms with Crippen LogP contribution >= 0.6 is 0 Å². The molecular formula is C14H15N3-2. The van der Waals surface area contributed by atoms with Gasteiger partial charge in [-0.2, -0.15) is 0 Å². The fraction of sp³-hybridized carbons (Fsp3) is 0.357. The van der Waals surface area contributed by atoms with Gasteiger partial charge >= 0.3 is 0 Å². The minimum atomic E-state index is 0.324. The molecule has 0 unspecified atom stereocenters. The number of aromatic nitrogens is 2. The summed E-state index contributed by atoms with van der Waals surface area (Å²) in [7, 11) is 8.29. The van der Waals surface area contributed by atoms with Crippen molar-refractivity contribution in [3.63, 3.8) is 0 Å². The first-order valence-corrected chi connectivity index (χ1v) is 6.06. The molecule has 0 aromatic carbocycles. The van der Waals surface area contributed by atoms with Crippen LogP contribution in [0.25, 0.3) is 11.0 Å². The molecule has 0 bridgehead atoms. The van der Waals surface area contributed by atoms with Gasteiger partial charge in [0.05, 0.1) is 0 Å². The van der Waals surface area contributed by atoms with E-state index in [1.807, 2.05) is 12.3 Å². The number of pyridine rings is 1. The lowest BCUT2D eigenvalue weighted by Crippen LogP contribution is -2.34. The second-order valence-electron chi connectivity index (χ2n) is 5.39. The molecule has 1 fully saturated rings. The fourth-order valence-corrected chi connectivity index (χ4v) is 3.28. The quantitative estimate of drug-likeness (QED) is 0.641. The van der Waals surface area contributed by atoms with Crippen LogP contribution in [0.3, 0.4) is 0 Å². The molecule has 1 aliphatic heterocycles. The van der Waals surface area contributed by atoms with Crippen LogP contribution in [-0.2, 0) is 12.0 Å². The predicted molar refractivity (Wildman–Crippen MR) is 67.2 cm³/mol. The lowest BCUT2D eigenvalue weighted by Gasteiger charge is -2.40. The highest BCUT2D eigenvalue weighted by molar-refractivity contribution is 5.84. The summed E-state index contributed by atoms with van der Waals surface area (Å²) in [6.45, 7) is 1.95. The highest BCUT2D eigenvalue weighted by Gasteiger charge is 2.47. The monoisotopic (exact) mass is 225 g/mol. The Morgan fingerprint density at radius 1 is 1.29 bits per heavy atom. The van der Waals surface area contributed by atoms with E-state index in [1.165, 1.54) is 24.1 Å². The number of hydrogen-bond donors (Lipinski definition) is 0. The summed E-state index contributed by atoms with van der Waals surface area (Å²) in [5, 5.41) is 0. The zero-order chi connectivity index (χ0) is 11.6. The van der Waals surface area contributed by atoms with Gasteiger partial charge in [-0.05, 0) is 36.9 Å². The molecule has 0 atom stereocenters. The Labute approximate surface area is 101 Å². The van der Waals surface area contributed by atoms with Gasteiger partial charge in [0.1, 0.15) is 0 Å². The van der Waals surface area contributed by atoms with E-state index in [0.717, 1.165) is 24.1 Å². The van der Waals surface area contributed by atoms with Crippen LogP contribution in [0.2, 0.25) is 0 Å². The summed E-state index contributed by atoms with van der Waals surface area (Å²) < 4.78 is 2.05. The van der Waals surface area contributed by atoms with E-state index in [4.69, 9.17) is 0 Å². The van der Waals surface area contributed by atoms with Crippen molar-refractivity contribution in [2.75, 3.05) is 6.54 Å². The summed E-state index contributed by atoms with van der Waals surface area (Å²) in [6.07, 6.45) is 4.42. The van der Waals surface area contributed by atoms with Crippen LogP contribution in [-0.4, -0.2) is 21.0 Å². The van der Waals surface area contributed by atoms with Crippen molar-refractivity contribution in [1.29, 1.82) is 0 Å². The van der Waals surface area contributed by atoms with E-state index in [-0.39, 0.29) is 0 Å². The summed E-state index contributed by atoms with van der Waals surface area (Å²) >= 11 is 0. The molecule has 3 heteroatoms. The highest BCUT2D eigenvalue weighted by Crippen LogP contribution is 2.54. The van der Waals surface area contributed by atoms with E-state index in [9.17, 15) is 0 Å². The van der Waals surface area contributed by atoms with Gasteiger partial charge in [0.2, 0.25) is 0 Å². The number of hydrogen-bond acceptors (Lipinski definition) is 2. The third-order valence-electron chi connectivity index (χ3n) is 4.21. The molecule has 0 radical (unpaired) electrons. The predicted octanol–water partition coefficient (Wildman–Crippen LogP) is 2.31. The van der Waals surface area contributed by atoms with E-state index < -0.39 is 0 Å². The molecule has 2 aromatic rings. The van der Waals surface area contributed by atoms with Crippen LogP contribution in [0.5, 0.6) is 0 Å². The van der Waals surface area contributed by atoms with Gasteiger partial charge in [0, 0.05) is 11.7 Å². The summed E-state index contributed by atoms with van der Waals surface area (Å²) in [5.41, 5.74) is 5.38. The van der Waals surface area contributed by atoms with Crippen LogP contribution in [0, 0.1) is 14.1 Å². The normalized spacial score (nSPS) is 21.9. The Morgan fingerprint density at radius 3 is 2.88 bits per heavy atom. The van der Waals surface area contributed by atoms with Gasteiger partial charge in [-0.25, -0.2) is 0 Å².